The first kappa shape index (κ1) is 52.8. The fourth-order valence-corrected chi connectivity index (χ4v) is 4.48. The Morgan fingerprint density at radius 2 is 0.930 bits per heavy atom. The third kappa shape index (κ3) is 25.7. The summed E-state index contributed by atoms with van der Waals surface area (Å²) in [5.41, 5.74) is 2.46. The maximum atomic E-state index is 11.6. The molecule has 0 aliphatic rings. The molecule has 3 N–H and O–H groups in total. The van der Waals surface area contributed by atoms with E-state index in [0.717, 1.165) is 17.8 Å². The lowest BCUT2D eigenvalue weighted by atomic mass is 10.1. The maximum absolute atomic E-state index is 11.6. The Morgan fingerprint density at radius 3 is 1.32 bits per heavy atom. The van der Waals surface area contributed by atoms with E-state index in [9.17, 15) is 14.4 Å². The smallest absolute Gasteiger partial charge is 0.226 e. The molecule has 0 fully saturated rings. The molecule has 0 spiro atoms. The van der Waals surface area contributed by atoms with Gasteiger partial charge in [0.15, 0.2) is 0 Å². The number of aromatic nitrogens is 9. The van der Waals surface area contributed by atoms with Gasteiger partial charge in [-0.3, -0.25) is 14.4 Å². The molecule has 0 bridgehead atoms. The van der Waals surface area contributed by atoms with Crippen molar-refractivity contribution >= 4 is 17.7 Å². The summed E-state index contributed by atoms with van der Waals surface area (Å²) in [4.78, 5) is 34.0. The number of hydrogen-bond donors (Lipinski definition) is 3. The number of carbonyl (C=O) groups is 3. The zero-order valence-corrected chi connectivity index (χ0v) is 39.1. The van der Waals surface area contributed by atoms with Gasteiger partial charge in [-0.1, -0.05) is 71.0 Å². The number of nitrogens with zero attached hydrogens (tertiary/aromatic N) is 9. The Bertz CT molecular complexity index is 1570. The van der Waals surface area contributed by atoms with Crippen molar-refractivity contribution in [3.63, 3.8) is 0 Å². The average Bonchev–Trinajstić information content (AvgIpc) is 3.80. The van der Waals surface area contributed by atoms with Crippen molar-refractivity contribution in [1.29, 1.82) is 0 Å². The molecular formula is C42H80N12O3. The normalized spacial score (nSPS) is 11.8. The van der Waals surface area contributed by atoms with Gasteiger partial charge < -0.3 is 16.0 Å². The predicted molar refractivity (Wildman–Crippen MR) is 229 cm³/mol. The summed E-state index contributed by atoms with van der Waals surface area (Å²) in [7, 11) is 0. The first-order valence-electron chi connectivity index (χ1n) is 20.6. The topological polar surface area (TPSA) is 179 Å². The molecule has 0 aliphatic carbocycles. The monoisotopic (exact) mass is 801 g/mol. The number of nitrogens with one attached hydrogen (secondary N) is 3. The molecule has 3 rings (SSSR count). The highest BCUT2D eigenvalue weighted by molar-refractivity contribution is 5.78. The van der Waals surface area contributed by atoms with E-state index in [1.54, 1.807) is 9.36 Å². The van der Waals surface area contributed by atoms with Crippen LogP contribution >= 0.6 is 0 Å². The minimum atomic E-state index is -0.0976. The Kier molecular flexibility index (Phi) is 22.8. The Morgan fingerprint density at radius 1 is 0.526 bits per heavy atom. The van der Waals surface area contributed by atoms with Gasteiger partial charge in [-0.15, -0.1) is 15.3 Å². The highest BCUT2D eigenvalue weighted by Gasteiger charge is 2.18. The summed E-state index contributed by atoms with van der Waals surface area (Å²) in [6.07, 6.45) is 8.23. The minimum absolute atomic E-state index is 0.000316. The maximum Gasteiger partial charge on any atom is 0.226 e. The number of rotatable bonds is 13. The van der Waals surface area contributed by atoms with E-state index in [-0.39, 0.29) is 40.4 Å². The predicted octanol–water partition coefficient (Wildman–Crippen LogP) is 6.83. The van der Waals surface area contributed by atoms with E-state index in [1.807, 2.05) is 85.6 Å². The second-order valence-electron chi connectivity index (χ2n) is 19.6. The number of hydrogen-bond acceptors (Lipinski definition) is 9. The van der Waals surface area contributed by atoms with Crippen LogP contribution in [-0.4, -0.2) is 75.3 Å². The van der Waals surface area contributed by atoms with Gasteiger partial charge in [-0.05, 0) is 106 Å². The Balaban J connectivity index is 0.000000749. The van der Waals surface area contributed by atoms with Crippen LogP contribution in [0.25, 0.3) is 0 Å². The summed E-state index contributed by atoms with van der Waals surface area (Å²) in [6.45, 7) is 40.4. The van der Waals surface area contributed by atoms with Crippen LogP contribution in [0.4, 0.5) is 0 Å². The van der Waals surface area contributed by atoms with Crippen LogP contribution in [0.2, 0.25) is 0 Å². The molecule has 0 unspecified atom stereocenters. The van der Waals surface area contributed by atoms with Gasteiger partial charge in [0, 0.05) is 37.8 Å². The van der Waals surface area contributed by atoms with Crippen LogP contribution in [-0.2, 0) is 50.4 Å². The quantitative estimate of drug-likeness (QED) is 0.167. The molecule has 15 nitrogen and oxygen atoms in total. The van der Waals surface area contributed by atoms with Crippen LogP contribution in [0.15, 0.2) is 18.6 Å². The molecular weight excluding hydrogens is 721 g/mol. The van der Waals surface area contributed by atoms with Gasteiger partial charge in [0.2, 0.25) is 17.7 Å². The number of amides is 3. The van der Waals surface area contributed by atoms with Crippen molar-refractivity contribution < 1.29 is 14.4 Å². The Hall–Kier alpha value is -4.17. The van der Waals surface area contributed by atoms with E-state index in [2.05, 4.69) is 116 Å². The summed E-state index contributed by atoms with van der Waals surface area (Å²) < 4.78 is 5.50. The van der Waals surface area contributed by atoms with E-state index in [0.29, 0.717) is 61.7 Å². The second kappa shape index (κ2) is 24.6. The molecule has 0 aliphatic heterocycles. The minimum Gasteiger partial charge on any atom is -0.356 e. The van der Waals surface area contributed by atoms with Crippen molar-refractivity contribution in [3.8, 4) is 0 Å². The van der Waals surface area contributed by atoms with Gasteiger partial charge in [0.1, 0.15) is 5.69 Å². The van der Waals surface area contributed by atoms with E-state index >= 15 is 0 Å². The van der Waals surface area contributed by atoms with Crippen molar-refractivity contribution in [2.24, 2.45) is 23.7 Å². The lowest BCUT2D eigenvalue weighted by Gasteiger charge is -2.17. The van der Waals surface area contributed by atoms with E-state index < -0.39 is 0 Å². The molecule has 3 aromatic heterocycles. The molecule has 3 aromatic rings. The summed E-state index contributed by atoms with van der Waals surface area (Å²) in [6, 6.07) is 0.270. The zero-order valence-electron chi connectivity index (χ0n) is 39.1. The van der Waals surface area contributed by atoms with Crippen LogP contribution in [0.1, 0.15) is 161 Å². The first-order chi connectivity index (χ1) is 26.0. The molecule has 0 saturated carbocycles. The van der Waals surface area contributed by atoms with Crippen LogP contribution in [0.3, 0.4) is 0 Å². The standard InChI is InChI=1S/2C12H22N4O.C10H19N3.C8H17NO/c1-9(2)7-13-11(17)6-10-8-16(15-14-10)12(3,4)5;1-9(2)6-11(17)13-7-10-8-16(15-14-10)12(3,4)5;1-8(2)6-9-7-13(12-11-9)10(3,4)5;1-6(2)5-8(10)9-7(3)4/h2*8-9H,6-7H2,1-5H3,(H,13,17);7-8H,6H2,1-5H3;6-7H,5H2,1-4H3,(H,9,10). The van der Waals surface area contributed by atoms with Gasteiger partial charge in [-0.2, -0.15) is 0 Å². The van der Waals surface area contributed by atoms with Gasteiger partial charge in [0.05, 0.1) is 47.2 Å². The third-order valence-electron chi connectivity index (χ3n) is 7.45. The molecule has 3 heterocycles. The molecule has 0 saturated heterocycles. The molecule has 3 amide bonds. The lowest BCUT2D eigenvalue weighted by molar-refractivity contribution is -0.123. The van der Waals surface area contributed by atoms with Gasteiger partial charge >= 0.3 is 0 Å². The van der Waals surface area contributed by atoms with E-state index in [4.69, 9.17) is 0 Å². The van der Waals surface area contributed by atoms with Crippen molar-refractivity contribution in [2.75, 3.05) is 6.54 Å². The second-order valence-corrected chi connectivity index (χ2v) is 19.6. The highest BCUT2D eigenvalue weighted by atomic mass is 16.2. The summed E-state index contributed by atoms with van der Waals surface area (Å²) in [5, 5.41) is 32.9. The SMILES string of the molecule is CC(C)CC(=O)NC(C)C.CC(C)CC(=O)NCc1cn(C(C)(C)C)nn1.CC(C)CNC(=O)Cc1cn(C(C)(C)C)nn1.CC(C)Cc1cn(C(C)(C)C)nn1. The molecule has 0 atom stereocenters. The first-order valence-corrected chi connectivity index (χ1v) is 20.6. The third-order valence-corrected chi connectivity index (χ3v) is 7.45. The molecule has 15 heteroatoms. The van der Waals surface area contributed by atoms with Gasteiger partial charge in [-0.25, -0.2) is 14.0 Å². The number of carbonyl (C=O) groups excluding carboxylic acids is 3. The molecule has 0 radical (unpaired) electrons. The zero-order chi connectivity index (χ0) is 44.3. The van der Waals surface area contributed by atoms with Crippen molar-refractivity contribution in [3.05, 3.63) is 35.7 Å². The highest BCUT2D eigenvalue weighted by Crippen LogP contribution is 2.14. The van der Waals surface area contributed by atoms with Gasteiger partial charge in [0.25, 0.3) is 0 Å². The van der Waals surface area contributed by atoms with Crippen molar-refractivity contribution in [2.45, 2.75) is 186 Å². The molecule has 57 heavy (non-hydrogen) atoms. The van der Waals surface area contributed by atoms with Crippen LogP contribution < -0.4 is 16.0 Å². The molecule has 326 valence electrons. The fraction of sp³-hybridized carbons (Fsp3) is 0.786. The fourth-order valence-electron chi connectivity index (χ4n) is 4.48. The van der Waals surface area contributed by atoms with E-state index in [1.165, 1.54) is 0 Å². The summed E-state index contributed by atoms with van der Waals surface area (Å²) in [5.74, 6) is 2.16. The molecule has 0 aromatic carbocycles. The van der Waals surface area contributed by atoms with Crippen molar-refractivity contribution in [1.82, 2.24) is 60.9 Å². The average molecular weight is 801 g/mol. The largest absolute Gasteiger partial charge is 0.356 e. The van der Waals surface area contributed by atoms with Crippen LogP contribution in [0.5, 0.6) is 0 Å². The Labute approximate surface area is 344 Å². The lowest BCUT2D eigenvalue weighted by Crippen LogP contribution is -2.30. The van der Waals surface area contributed by atoms with Crippen LogP contribution in [0, 0.1) is 23.7 Å². The summed E-state index contributed by atoms with van der Waals surface area (Å²) >= 11 is 0.